The first-order valence-electron chi connectivity index (χ1n) is 9.20. The molecule has 2 aromatic heterocycles. The van der Waals surface area contributed by atoms with Crippen molar-refractivity contribution < 1.29 is 4.79 Å². The lowest BCUT2D eigenvalue weighted by Crippen LogP contribution is -2.40. The van der Waals surface area contributed by atoms with Gasteiger partial charge in [0.15, 0.2) is 0 Å². The van der Waals surface area contributed by atoms with Crippen molar-refractivity contribution in [2.75, 3.05) is 36.9 Å². The molecule has 27 heavy (non-hydrogen) atoms. The highest BCUT2D eigenvalue weighted by molar-refractivity contribution is 7.13. The van der Waals surface area contributed by atoms with E-state index in [1.807, 2.05) is 43.8 Å². The van der Waals surface area contributed by atoms with Crippen LogP contribution in [-0.4, -0.2) is 47.0 Å². The average Bonchev–Trinajstić information content (AvgIpc) is 3.17. The van der Waals surface area contributed by atoms with Crippen LogP contribution in [-0.2, 0) is 0 Å². The van der Waals surface area contributed by atoms with E-state index in [-0.39, 0.29) is 6.03 Å². The molecule has 1 aromatic carbocycles. The molecule has 2 amide bonds. The minimum atomic E-state index is -0.0610. The molecule has 1 N–H and O–H groups in total. The number of nitrogens with one attached hydrogen (secondary N) is 1. The van der Waals surface area contributed by atoms with Crippen LogP contribution in [0.3, 0.4) is 0 Å². The van der Waals surface area contributed by atoms with Gasteiger partial charge in [-0.3, -0.25) is 4.98 Å². The number of aromatic nitrogens is 2. The van der Waals surface area contributed by atoms with E-state index >= 15 is 0 Å². The number of carbonyl (C=O) groups excluding carboxylic acids is 1. The fourth-order valence-electron chi connectivity index (χ4n) is 3.57. The number of hydrogen-bond acceptors (Lipinski definition) is 5. The average molecular weight is 382 g/mol. The van der Waals surface area contributed by atoms with Crippen molar-refractivity contribution in [1.29, 1.82) is 0 Å². The Morgan fingerprint density at radius 1 is 1.26 bits per heavy atom. The third-order valence-electron chi connectivity index (χ3n) is 5.13. The molecule has 0 spiro atoms. The van der Waals surface area contributed by atoms with Crippen molar-refractivity contribution in [1.82, 2.24) is 14.3 Å². The van der Waals surface area contributed by atoms with Gasteiger partial charge in [-0.25, -0.2) is 4.79 Å². The summed E-state index contributed by atoms with van der Waals surface area (Å²) in [6, 6.07) is 9.95. The summed E-state index contributed by atoms with van der Waals surface area (Å²) in [6.45, 7) is 2.82. The van der Waals surface area contributed by atoms with Crippen LogP contribution in [0.25, 0.3) is 10.1 Å². The van der Waals surface area contributed by atoms with Crippen molar-refractivity contribution in [3.8, 4) is 0 Å². The second-order valence-electron chi connectivity index (χ2n) is 7.02. The van der Waals surface area contributed by atoms with E-state index in [1.54, 1.807) is 4.90 Å². The lowest BCUT2D eigenvalue weighted by molar-refractivity contribution is 0.208. The predicted molar refractivity (Wildman–Crippen MR) is 110 cm³/mol. The molecule has 140 valence electrons. The highest BCUT2D eigenvalue weighted by atomic mass is 32.1. The van der Waals surface area contributed by atoms with Crippen LogP contribution in [0.15, 0.2) is 48.9 Å². The molecule has 0 unspecified atom stereocenters. The maximum atomic E-state index is 12.5. The van der Waals surface area contributed by atoms with Crippen molar-refractivity contribution in [3.05, 3.63) is 48.9 Å². The molecule has 0 aliphatic carbocycles. The van der Waals surface area contributed by atoms with Crippen LogP contribution in [0.1, 0.15) is 12.8 Å². The van der Waals surface area contributed by atoms with Gasteiger partial charge in [0.25, 0.3) is 0 Å². The largest absolute Gasteiger partial charge is 0.371 e. The standard InChI is InChI=1S/C20H23N5OS/c1-24(20(26)23-17-2-3-19-16(12-17)13-22-27-19)14-15-6-10-25(11-7-15)18-4-8-21-9-5-18/h2-5,8-9,12-13,15H,6-7,10-11,14H2,1H3,(H,23,26). The topological polar surface area (TPSA) is 61.4 Å². The molecule has 0 radical (unpaired) electrons. The van der Waals surface area contributed by atoms with E-state index in [0.717, 1.165) is 48.2 Å². The predicted octanol–water partition coefficient (Wildman–Crippen LogP) is 4.07. The monoisotopic (exact) mass is 381 g/mol. The zero-order valence-electron chi connectivity index (χ0n) is 15.3. The number of urea groups is 1. The van der Waals surface area contributed by atoms with Gasteiger partial charge < -0.3 is 15.1 Å². The Balaban J connectivity index is 1.28. The summed E-state index contributed by atoms with van der Waals surface area (Å²) < 4.78 is 5.30. The Morgan fingerprint density at radius 2 is 2.04 bits per heavy atom. The number of hydrogen-bond donors (Lipinski definition) is 1. The van der Waals surface area contributed by atoms with Gasteiger partial charge in [0.2, 0.25) is 0 Å². The molecule has 1 saturated heterocycles. The van der Waals surface area contributed by atoms with Gasteiger partial charge >= 0.3 is 6.03 Å². The van der Waals surface area contributed by atoms with Crippen molar-refractivity contribution >= 4 is 39.0 Å². The number of nitrogens with zero attached hydrogens (tertiary/aromatic N) is 4. The third kappa shape index (κ3) is 4.19. The zero-order chi connectivity index (χ0) is 18.6. The molecule has 6 nitrogen and oxygen atoms in total. The number of benzene rings is 1. The molecule has 1 fully saturated rings. The van der Waals surface area contributed by atoms with Crippen molar-refractivity contribution in [3.63, 3.8) is 0 Å². The summed E-state index contributed by atoms with van der Waals surface area (Å²) in [6.07, 6.45) is 7.68. The highest BCUT2D eigenvalue weighted by Gasteiger charge is 2.22. The summed E-state index contributed by atoms with van der Waals surface area (Å²) in [4.78, 5) is 20.8. The Hall–Kier alpha value is -2.67. The molecule has 0 atom stereocenters. The van der Waals surface area contributed by atoms with E-state index in [2.05, 4.69) is 31.7 Å². The van der Waals surface area contributed by atoms with Crippen LogP contribution in [0.4, 0.5) is 16.2 Å². The summed E-state index contributed by atoms with van der Waals surface area (Å²) in [7, 11) is 1.87. The van der Waals surface area contributed by atoms with Crippen molar-refractivity contribution in [2.24, 2.45) is 5.92 Å². The van der Waals surface area contributed by atoms with E-state index in [4.69, 9.17) is 0 Å². The Bertz CT molecular complexity index is 905. The summed E-state index contributed by atoms with van der Waals surface area (Å²) in [5, 5.41) is 4.05. The lowest BCUT2D eigenvalue weighted by atomic mass is 9.96. The minimum Gasteiger partial charge on any atom is -0.371 e. The van der Waals surface area contributed by atoms with Gasteiger partial charge in [-0.05, 0) is 60.6 Å². The number of anilines is 2. The number of fused-ring (bicyclic) bond motifs is 1. The summed E-state index contributed by atoms with van der Waals surface area (Å²) >= 11 is 1.46. The smallest absolute Gasteiger partial charge is 0.321 e. The normalized spacial score (nSPS) is 15.1. The first kappa shape index (κ1) is 17.7. The third-order valence-corrected chi connectivity index (χ3v) is 5.90. The molecular formula is C20H23N5OS. The Kier molecular flexibility index (Phi) is 5.20. The van der Waals surface area contributed by atoms with Gasteiger partial charge in [-0.1, -0.05) is 0 Å². The molecule has 4 rings (SSSR count). The van der Waals surface area contributed by atoms with Crippen LogP contribution in [0.5, 0.6) is 0 Å². The lowest BCUT2D eigenvalue weighted by Gasteiger charge is -2.35. The summed E-state index contributed by atoms with van der Waals surface area (Å²) in [5.41, 5.74) is 2.04. The molecule has 0 saturated carbocycles. The van der Waals surface area contributed by atoms with Crippen LogP contribution in [0.2, 0.25) is 0 Å². The quantitative estimate of drug-likeness (QED) is 0.740. The minimum absolute atomic E-state index is 0.0610. The number of rotatable bonds is 4. The van der Waals surface area contributed by atoms with E-state index in [9.17, 15) is 4.79 Å². The second-order valence-corrected chi connectivity index (χ2v) is 7.86. The van der Waals surface area contributed by atoms with Gasteiger partial charge in [-0.15, -0.1) is 0 Å². The van der Waals surface area contributed by atoms with Gasteiger partial charge in [0.05, 0.1) is 4.70 Å². The first-order valence-corrected chi connectivity index (χ1v) is 9.98. The number of amides is 2. The molecule has 3 heterocycles. The van der Waals surface area contributed by atoms with Crippen LogP contribution in [0, 0.1) is 5.92 Å². The fraction of sp³-hybridized carbons (Fsp3) is 0.350. The fourth-order valence-corrected chi connectivity index (χ4v) is 4.19. The molecule has 1 aliphatic heterocycles. The molecule has 3 aromatic rings. The number of pyridine rings is 1. The number of piperidine rings is 1. The van der Waals surface area contributed by atoms with Crippen LogP contribution >= 0.6 is 11.5 Å². The maximum Gasteiger partial charge on any atom is 0.321 e. The zero-order valence-corrected chi connectivity index (χ0v) is 16.2. The highest BCUT2D eigenvalue weighted by Crippen LogP contribution is 2.24. The molecule has 7 heteroatoms. The van der Waals surface area contributed by atoms with Gasteiger partial charge in [0, 0.05) is 62.0 Å². The van der Waals surface area contributed by atoms with E-state index in [1.165, 1.54) is 17.2 Å². The first-order chi connectivity index (χ1) is 13.2. The molecule has 1 aliphatic rings. The molecule has 0 bridgehead atoms. The summed E-state index contributed by atoms with van der Waals surface area (Å²) in [5.74, 6) is 0.530. The van der Waals surface area contributed by atoms with Gasteiger partial charge in [-0.2, -0.15) is 4.37 Å². The van der Waals surface area contributed by atoms with Gasteiger partial charge in [0.1, 0.15) is 0 Å². The molecular weight excluding hydrogens is 358 g/mol. The van der Waals surface area contributed by atoms with E-state index in [0.29, 0.717) is 5.92 Å². The Labute approximate surface area is 163 Å². The Morgan fingerprint density at radius 3 is 2.81 bits per heavy atom. The maximum absolute atomic E-state index is 12.5. The number of carbonyl (C=O) groups is 1. The SMILES string of the molecule is CN(CC1CCN(c2ccncc2)CC1)C(=O)Nc1ccc2sncc2c1. The van der Waals surface area contributed by atoms with Crippen LogP contribution < -0.4 is 10.2 Å². The van der Waals surface area contributed by atoms with Crippen molar-refractivity contribution in [2.45, 2.75) is 12.8 Å². The van der Waals surface area contributed by atoms with E-state index < -0.39 is 0 Å². The second kappa shape index (κ2) is 7.92.